The van der Waals surface area contributed by atoms with Crippen LogP contribution in [-0.2, 0) is 9.59 Å². The quantitative estimate of drug-likeness (QED) is 0.287. The Labute approximate surface area is 192 Å². The number of carbonyl (C=O) groups excluding carboxylic acids is 2. The molecule has 0 saturated heterocycles. The average molecular weight is 508 g/mol. The smallest absolute Gasteiger partial charge is 0.318 e. The predicted octanol–water partition coefficient (Wildman–Crippen LogP) is 5.25. The van der Waals surface area contributed by atoms with Crippen molar-refractivity contribution in [3.63, 3.8) is 0 Å². The van der Waals surface area contributed by atoms with Crippen molar-refractivity contribution in [3.05, 3.63) is 80.0 Å². The van der Waals surface area contributed by atoms with Gasteiger partial charge in [0.1, 0.15) is 0 Å². The van der Waals surface area contributed by atoms with Crippen LogP contribution in [0, 0.1) is 13.8 Å². The van der Waals surface area contributed by atoms with Gasteiger partial charge in [-0.25, -0.2) is 5.43 Å². The molecule has 0 unspecified atom stereocenters. The molecule has 1 heterocycles. The molecule has 0 saturated carbocycles. The Morgan fingerprint density at radius 3 is 2.47 bits per heavy atom. The molecule has 0 spiro atoms. The number of hydrogen-bond acceptors (Lipinski definition) is 3. The van der Waals surface area contributed by atoms with Crippen molar-refractivity contribution in [2.45, 2.75) is 13.8 Å². The second-order valence-corrected chi connectivity index (χ2v) is 8.10. The molecule has 2 amide bonds. The first kappa shape index (κ1) is 22.1. The molecule has 0 aliphatic heterocycles. The first-order valence-electron chi connectivity index (χ1n) is 8.81. The van der Waals surface area contributed by atoms with Crippen LogP contribution in [0.5, 0.6) is 0 Å². The van der Waals surface area contributed by atoms with Gasteiger partial charge >= 0.3 is 11.8 Å². The Morgan fingerprint density at radius 1 is 1.07 bits per heavy atom. The van der Waals surface area contributed by atoms with E-state index in [0.29, 0.717) is 15.7 Å². The van der Waals surface area contributed by atoms with Crippen molar-refractivity contribution >= 4 is 62.8 Å². The van der Waals surface area contributed by atoms with Gasteiger partial charge in [-0.05, 0) is 56.3 Å². The summed E-state index contributed by atoms with van der Waals surface area (Å²) in [7, 11) is 0. The Morgan fingerprint density at radius 2 is 1.77 bits per heavy atom. The lowest BCUT2D eigenvalue weighted by Crippen LogP contribution is -2.32. The molecule has 0 aliphatic carbocycles. The minimum atomic E-state index is -0.874. The van der Waals surface area contributed by atoms with Crippen LogP contribution >= 0.6 is 39.1 Å². The zero-order valence-electron chi connectivity index (χ0n) is 16.0. The van der Waals surface area contributed by atoms with Crippen molar-refractivity contribution in [1.29, 1.82) is 0 Å². The summed E-state index contributed by atoms with van der Waals surface area (Å²) in [6.45, 7) is 3.82. The monoisotopic (exact) mass is 506 g/mol. The summed E-state index contributed by atoms with van der Waals surface area (Å²) in [6, 6.07) is 14.2. The van der Waals surface area contributed by atoms with Crippen LogP contribution in [0.25, 0.3) is 5.69 Å². The topological polar surface area (TPSA) is 75.5 Å². The Kier molecular flexibility index (Phi) is 6.97. The van der Waals surface area contributed by atoms with Gasteiger partial charge in [0, 0.05) is 27.1 Å². The number of nitrogens with one attached hydrogen (secondary N) is 2. The number of benzene rings is 2. The van der Waals surface area contributed by atoms with Crippen LogP contribution in [0.2, 0.25) is 10.0 Å². The minimum absolute atomic E-state index is 0.447. The van der Waals surface area contributed by atoms with Gasteiger partial charge in [0.25, 0.3) is 0 Å². The SMILES string of the molecule is Cc1cc(/C=N\NC(=O)C(=O)Nc2ccc(Br)cc2)c(C)n1-c1cccc(Cl)c1Cl. The number of aryl methyl sites for hydroxylation is 1. The molecule has 0 aliphatic rings. The highest BCUT2D eigenvalue weighted by Crippen LogP contribution is 2.31. The van der Waals surface area contributed by atoms with E-state index in [1.165, 1.54) is 6.21 Å². The highest BCUT2D eigenvalue weighted by Gasteiger charge is 2.15. The fourth-order valence-corrected chi connectivity index (χ4v) is 3.53. The van der Waals surface area contributed by atoms with Gasteiger partial charge in [0.05, 0.1) is 21.9 Å². The number of amides is 2. The maximum absolute atomic E-state index is 12.0. The zero-order valence-corrected chi connectivity index (χ0v) is 19.1. The molecule has 0 radical (unpaired) electrons. The van der Waals surface area contributed by atoms with Crippen molar-refractivity contribution in [2.24, 2.45) is 5.10 Å². The fraction of sp³-hybridized carbons (Fsp3) is 0.0952. The van der Waals surface area contributed by atoms with Crippen molar-refractivity contribution in [1.82, 2.24) is 9.99 Å². The largest absolute Gasteiger partial charge is 0.329 e. The first-order chi connectivity index (χ1) is 14.3. The van der Waals surface area contributed by atoms with E-state index in [4.69, 9.17) is 23.2 Å². The molecule has 2 aromatic carbocycles. The first-order valence-corrected chi connectivity index (χ1v) is 10.4. The highest BCUT2D eigenvalue weighted by atomic mass is 79.9. The summed E-state index contributed by atoms with van der Waals surface area (Å²) in [4.78, 5) is 24.0. The van der Waals surface area contributed by atoms with E-state index in [0.717, 1.165) is 27.1 Å². The third kappa shape index (κ3) is 4.92. The number of nitrogens with zero attached hydrogens (tertiary/aromatic N) is 2. The number of rotatable bonds is 4. The maximum Gasteiger partial charge on any atom is 0.329 e. The van der Waals surface area contributed by atoms with Gasteiger partial charge in [0.2, 0.25) is 0 Å². The number of anilines is 1. The second kappa shape index (κ2) is 9.47. The lowest BCUT2D eigenvalue weighted by Gasteiger charge is -2.12. The van der Waals surface area contributed by atoms with Crippen LogP contribution in [0.1, 0.15) is 17.0 Å². The number of aromatic nitrogens is 1. The third-order valence-electron chi connectivity index (χ3n) is 4.32. The van der Waals surface area contributed by atoms with Crippen LogP contribution in [0.4, 0.5) is 5.69 Å². The number of carbonyl (C=O) groups is 2. The standard InChI is InChI=1S/C21H17BrCl2N4O2/c1-12-10-14(13(2)28(12)18-5-3-4-17(23)19(18)24)11-25-27-21(30)20(29)26-16-8-6-15(22)7-9-16/h3-11H,1-2H3,(H,26,29)(H,27,30)/b25-11-. The molecule has 154 valence electrons. The summed E-state index contributed by atoms with van der Waals surface area (Å²) in [5.41, 5.74) is 6.01. The van der Waals surface area contributed by atoms with Crippen molar-refractivity contribution in [3.8, 4) is 5.69 Å². The zero-order chi connectivity index (χ0) is 21.8. The molecule has 0 atom stereocenters. The molecular formula is C21H17BrCl2N4O2. The van der Waals surface area contributed by atoms with Crippen LogP contribution in [0.3, 0.4) is 0 Å². The van der Waals surface area contributed by atoms with Gasteiger partial charge in [-0.2, -0.15) is 5.10 Å². The predicted molar refractivity (Wildman–Crippen MR) is 124 cm³/mol. The van der Waals surface area contributed by atoms with Crippen LogP contribution < -0.4 is 10.7 Å². The summed E-state index contributed by atoms with van der Waals surface area (Å²) in [5, 5.41) is 7.31. The molecule has 0 bridgehead atoms. The molecule has 9 heteroatoms. The fourth-order valence-electron chi connectivity index (χ4n) is 2.89. The van der Waals surface area contributed by atoms with E-state index >= 15 is 0 Å². The van der Waals surface area contributed by atoms with Crippen molar-refractivity contribution < 1.29 is 9.59 Å². The highest BCUT2D eigenvalue weighted by molar-refractivity contribution is 9.10. The lowest BCUT2D eigenvalue weighted by molar-refractivity contribution is -0.136. The van der Waals surface area contributed by atoms with Gasteiger partial charge in [-0.15, -0.1) is 0 Å². The molecule has 3 aromatic rings. The molecule has 2 N–H and O–H groups in total. The van der Waals surface area contributed by atoms with Gasteiger partial charge < -0.3 is 9.88 Å². The van der Waals surface area contributed by atoms with Crippen LogP contribution in [0.15, 0.2) is 58.1 Å². The number of hydrogen-bond donors (Lipinski definition) is 2. The summed E-state index contributed by atoms with van der Waals surface area (Å²) >= 11 is 15.8. The van der Waals surface area contributed by atoms with E-state index in [-0.39, 0.29) is 0 Å². The molecule has 3 rings (SSSR count). The molecule has 6 nitrogen and oxygen atoms in total. The summed E-state index contributed by atoms with van der Waals surface area (Å²) in [5.74, 6) is -1.69. The Hall–Kier alpha value is -2.61. The lowest BCUT2D eigenvalue weighted by atomic mass is 10.2. The number of halogens is 3. The Bertz CT molecular complexity index is 1140. The molecular weight excluding hydrogens is 491 g/mol. The van der Waals surface area contributed by atoms with E-state index in [1.807, 2.05) is 36.6 Å². The third-order valence-corrected chi connectivity index (χ3v) is 5.66. The van der Waals surface area contributed by atoms with Gasteiger partial charge in [-0.1, -0.05) is 45.2 Å². The average Bonchev–Trinajstić information content (AvgIpc) is 2.99. The van der Waals surface area contributed by atoms with Crippen molar-refractivity contribution in [2.75, 3.05) is 5.32 Å². The minimum Gasteiger partial charge on any atom is -0.318 e. The Balaban J connectivity index is 1.71. The van der Waals surface area contributed by atoms with Gasteiger partial charge in [-0.3, -0.25) is 9.59 Å². The molecule has 0 fully saturated rings. The molecule has 1 aromatic heterocycles. The summed E-state index contributed by atoms with van der Waals surface area (Å²) in [6.07, 6.45) is 1.47. The summed E-state index contributed by atoms with van der Waals surface area (Å²) < 4.78 is 2.81. The second-order valence-electron chi connectivity index (χ2n) is 6.39. The molecule has 30 heavy (non-hydrogen) atoms. The normalized spacial score (nSPS) is 11.0. The van der Waals surface area contributed by atoms with Crippen LogP contribution in [-0.4, -0.2) is 22.6 Å². The van der Waals surface area contributed by atoms with E-state index < -0.39 is 11.8 Å². The van der Waals surface area contributed by atoms with E-state index in [9.17, 15) is 9.59 Å². The van der Waals surface area contributed by atoms with E-state index in [2.05, 4.69) is 31.8 Å². The number of hydrazone groups is 1. The maximum atomic E-state index is 12.0. The van der Waals surface area contributed by atoms with Gasteiger partial charge in [0.15, 0.2) is 0 Å². The van der Waals surface area contributed by atoms with E-state index in [1.54, 1.807) is 30.3 Å².